The largest absolute Gasteiger partial charge is 0.494 e. The molecule has 0 fully saturated rings. The van der Waals surface area contributed by atoms with E-state index >= 15 is 0 Å². The first-order valence-corrected chi connectivity index (χ1v) is 7.37. The molecular formula is C13H13FN2O3S. The van der Waals surface area contributed by atoms with Crippen molar-refractivity contribution in [1.82, 2.24) is 4.98 Å². The minimum absolute atomic E-state index is 0.0558. The molecule has 0 radical (unpaired) electrons. The summed E-state index contributed by atoms with van der Waals surface area (Å²) in [4.78, 5) is 3.72. The Bertz CT molecular complexity index is 670. The van der Waals surface area contributed by atoms with E-state index in [1.165, 1.54) is 18.2 Å². The number of anilines is 1. The lowest BCUT2D eigenvalue weighted by atomic mass is 10.3. The Morgan fingerprint density at radius 1 is 1.20 bits per heavy atom. The number of pyridine rings is 1. The monoisotopic (exact) mass is 296 g/mol. The van der Waals surface area contributed by atoms with Gasteiger partial charge in [0.2, 0.25) is 0 Å². The number of hydrogen-bond acceptors (Lipinski definition) is 4. The minimum Gasteiger partial charge on any atom is -0.494 e. The van der Waals surface area contributed by atoms with Crippen molar-refractivity contribution in [2.45, 2.75) is 11.8 Å². The van der Waals surface area contributed by atoms with Gasteiger partial charge < -0.3 is 4.74 Å². The van der Waals surface area contributed by atoms with Crippen LogP contribution in [0.5, 0.6) is 5.75 Å². The van der Waals surface area contributed by atoms with Crippen LogP contribution in [0.1, 0.15) is 6.92 Å². The number of nitrogens with one attached hydrogen (secondary N) is 1. The molecule has 0 saturated carbocycles. The highest BCUT2D eigenvalue weighted by Gasteiger charge is 2.14. The fraction of sp³-hybridized carbons (Fsp3) is 0.154. The molecule has 1 aromatic carbocycles. The summed E-state index contributed by atoms with van der Waals surface area (Å²) >= 11 is 0. The fourth-order valence-electron chi connectivity index (χ4n) is 1.51. The van der Waals surface area contributed by atoms with E-state index in [2.05, 4.69) is 9.71 Å². The summed E-state index contributed by atoms with van der Waals surface area (Å²) in [6.07, 6.45) is 0.941. The summed E-state index contributed by atoms with van der Waals surface area (Å²) < 4.78 is 44.3. The number of aromatic nitrogens is 1. The fourth-order valence-corrected chi connectivity index (χ4v) is 2.52. The van der Waals surface area contributed by atoms with Crippen LogP contribution >= 0.6 is 0 Å². The van der Waals surface area contributed by atoms with Crippen LogP contribution in [0.4, 0.5) is 10.2 Å². The Labute approximate surface area is 116 Å². The topological polar surface area (TPSA) is 68.3 Å². The quantitative estimate of drug-likeness (QED) is 0.920. The Morgan fingerprint density at radius 2 is 1.90 bits per heavy atom. The molecule has 5 nitrogen and oxygen atoms in total. The molecule has 20 heavy (non-hydrogen) atoms. The SMILES string of the molecule is CCOc1ccc(S(=O)(=O)Nc2ccc(F)cn2)cc1. The standard InChI is InChI=1S/C13H13FN2O3S/c1-2-19-11-4-6-12(7-5-11)20(17,18)16-13-8-3-10(14)9-15-13/h3-9H,2H2,1H3,(H,15,16). The number of ether oxygens (including phenoxy) is 1. The van der Waals surface area contributed by atoms with E-state index in [4.69, 9.17) is 4.74 Å². The number of sulfonamides is 1. The Balaban J connectivity index is 2.19. The molecule has 0 atom stereocenters. The summed E-state index contributed by atoms with van der Waals surface area (Å²) in [5.74, 6) is 0.112. The summed E-state index contributed by atoms with van der Waals surface area (Å²) in [5, 5.41) is 0. The van der Waals surface area contributed by atoms with Crippen LogP contribution < -0.4 is 9.46 Å². The van der Waals surface area contributed by atoms with Crippen molar-refractivity contribution in [1.29, 1.82) is 0 Å². The van der Waals surface area contributed by atoms with Crippen molar-refractivity contribution >= 4 is 15.8 Å². The Hall–Kier alpha value is -2.15. The number of hydrogen-bond donors (Lipinski definition) is 1. The third kappa shape index (κ3) is 3.45. The number of nitrogens with zero attached hydrogens (tertiary/aromatic N) is 1. The molecule has 0 aliphatic heterocycles. The summed E-state index contributed by atoms with van der Waals surface area (Å²) in [5.41, 5.74) is 0. The third-order valence-electron chi connectivity index (χ3n) is 2.41. The van der Waals surface area contributed by atoms with Gasteiger partial charge >= 0.3 is 0 Å². The molecule has 0 unspecified atom stereocenters. The zero-order valence-electron chi connectivity index (χ0n) is 10.7. The maximum atomic E-state index is 12.7. The van der Waals surface area contributed by atoms with Crippen molar-refractivity contribution in [2.24, 2.45) is 0 Å². The average Bonchev–Trinajstić information content (AvgIpc) is 2.42. The lowest BCUT2D eigenvalue weighted by Crippen LogP contribution is -2.13. The van der Waals surface area contributed by atoms with Gasteiger partial charge in [-0.2, -0.15) is 0 Å². The second-order valence-electron chi connectivity index (χ2n) is 3.87. The van der Waals surface area contributed by atoms with Crippen molar-refractivity contribution < 1.29 is 17.5 Å². The molecule has 1 heterocycles. The molecule has 0 aliphatic rings. The van der Waals surface area contributed by atoms with Gasteiger partial charge in [0, 0.05) is 0 Å². The number of rotatable bonds is 5. The maximum Gasteiger partial charge on any atom is 0.263 e. The molecule has 0 amide bonds. The maximum absolute atomic E-state index is 12.7. The number of halogens is 1. The van der Waals surface area contributed by atoms with Crippen LogP contribution in [-0.4, -0.2) is 20.0 Å². The first-order chi connectivity index (χ1) is 9.51. The van der Waals surface area contributed by atoms with Crippen molar-refractivity contribution in [3.63, 3.8) is 0 Å². The molecule has 0 bridgehead atoms. The second-order valence-corrected chi connectivity index (χ2v) is 5.55. The predicted octanol–water partition coefficient (Wildman–Crippen LogP) is 2.42. The van der Waals surface area contributed by atoms with Gasteiger partial charge in [-0.25, -0.2) is 17.8 Å². The molecule has 0 aliphatic carbocycles. The van der Waals surface area contributed by atoms with Gasteiger partial charge in [-0.1, -0.05) is 0 Å². The van der Waals surface area contributed by atoms with Gasteiger partial charge in [0.05, 0.1) is 17.7 Å². The van der Waals surface area contributed by atoms with Gasteiger partial charge in [0.1, 0.15) is 17.4 Å². The van der Waals surface area contributed by atoms with Gasteiger partial charge in [-0.15, -0.1) is 0 Å². The number of benzene rings is 1. The first kappa shape index (κ1) is 14.3. The molecule has 7 heteroatoms. The average molecular weight is 296 g/mol. The zero-order valence-corrected chi connectivity index (χ0v) is 11.5. The molecule has 0 saturated heterocycles. The van der Waals surface area contributed by atoms with Crippen LogP contribution in [-0.2, 0) is 10.0 Å². The van der Waals surface area contributed by atoms with E-state index < -0.39 is 15.8 Å². The third-order valence-corrected chi connectivity index (χ3v) is 3.78. The van der Waals surface area contributed by atoms with E-state index in [9.17, 15) is 12.8 Å². The van der Waals surface area contributed by atoms with Gasteiger partial charge in [0.15, 0.2) is 0 Å². The summed E-state index contributed by atoms with van der Waals surface area (Å²) in [6, 6.07) is 8.37. The van der Waals surface area contributed by atoms with E-state index in [-0.39, 0.29) is 10.7 Å². The normalized spacial score (nSPS) is 11.1. The highest BCUT2D eigenvalue weighted by atomic mass is 32.2. The lowest BCUT2D eigenvalue weighted by molar-refractivity contribution is 0.340. The van der Waals surface area contributed by atoms with Gasteiger partial charge in [-0.05, 0) is 43.3 Å². The highest BCUT2D eigenvalue weighted by Crippen LogP contribution is 2.18. The smallest absolute Gasteiger partial charge is 0.263 e. The van der Waals surface area contributed by atoms with E-state index in [1.54, 1.807) is 12.1 Å². The summed E-state index contributed by atoms with van der Waals surface area (Å²) in [6.45, 7) is 2.34. The van der Waals surface area contributed by atoms with Gasteiger partial charge in [-0.3, -0.25) is 4.72 Å². The first-order valence-electron chi connectivity index (χ1n) is 5.88. The predicted molar refractivity (Wildman–Crippen MR) is 72.6 cm³/mol. The second kappa shape index (κ2) is 5.87. The minimum atomic E-state index is -3.75. The Kier molecular flexibility index (Phi) is 4.19. The van der Waals surface area contributed by atoms with E-state index in [0.29, 0.717) is 12.4 Å². The molecule has 1 N–H and O–H groups in total. The Morgan fingerprint density at radius 3 is 2.45 bits per heavy atom. The zero-order chi connectivity index (χ0) is 14.6. The van der Waals surface area contributed by atoms with E-state index in [1.807, 2.05) is 6.92 Å². The van der Waals surface area contributed by atoms with E-state index in [0.717, 1.165) is 12.3 Å². The lowest BCUT2D eigenvalue weighted by Gasteiger charge is -2.08. The van der Waals surface area contributed by atoms with Gasteiger partial charge in [0.25, 0.3) is 10.0 Å². The van der Waals surface area contributed by atoms with Crippen LogP contribution in [0.15, 0.2) is 47.5 Å². The molecule has 106 valence electrons. The molecule has 0 spiro atoms. The molecule has 2 rings (SSSR count). The van der Waals surface area contributed by atoms with Crippen LogP contribution in [0, 0.1) is 5.82 Å². The molecule has 1 aromatic heterocycles. The molecular weight excluding hydrogens is 283 g/mol. The van der Waals surface area contributed by atoms with Crippen molar-refractivity contribution in [2.75, 3.05) is 11.3 Å². The highest BCUT2D eigenvalue weighted by molar-refractivity contribution is 7.92. The van der Waals surface area contributed by atoms with Crippen LogP contribution in [0.25, 0.3) is 0 Å². The summed E-state index contributed by atoms with van der Waals surface area (Å²) in [7, 11) is -3.75. The van der Waals surface area contributed by atoms with Crippen molar-refractivity contribution in [3.8, 4) is 5.75 Å². The van der Waals surface area contributed by atoms with Crippen molar-refractivity contribution in [3.05, 3.63) is 48.4 Å². The van der Waals surface area contributed by atoms with Crippen LogP contribution in [0.2, 0.25) is 0 Å². The van der Waals surface area contributed by atoms with Crippen LogP contribution in [0.3, 0.4) is 0 Å². The molecule has 2 aromatic rings.